The SMILES string of the molecule is COc1cc(CCNC(=O)C2CCCO2)c(OC)cc1C. The summed E-state index contributed by atoms with van der Waals surface area (Å²) in [5.74, 6) is 1.63. The molecule has 1 heterocycles. The Bertz CT molecular complexity index is 495. The minimum Gasteiger partial charge on any atom is -0.496 e. The summed E-state index contributed by atoms with van der Waals surface area (Å²) in [6, 6.07) is 3.92. The normalized spacial score (nSPS) is 17.6. The molecule has 1 aliphatic heterocycles. The van der Waals surface area contributed by atoms with Crippen LogP contribution in [0.15, 0.2) is 12.1 Å². The molecule has 0 spiro atoms. The number of methoxy groups -OCH3 is 2. The van der Waals surface area contributed by atoms with Crippen molar-refractivity contribution >= 4 is 5.91 Å². The molecule has 0 bridgehead atoms. The third kappa shape index (κ3) is 3.88. The van der Waals surface area contributed by atoms with Gasteiger partial charge in [-0.2, -0.15) is 0 Å². The lowest BCUT2D eigenvalue weighted by Crippen LogP contribution is -2.35. The van der Waals surface area contributed by atoms with E-state index in [1.165, 1.54) is 0 Å². The van der Waals surface area contributed by atoms with Gasteiger partial charge in [0.2, 0.25) is 5.91 Å². The maximum atomic E-state index is 11.9. The number of benzene rings is 1. The smallest absolute Gasteiger partial charge is 0.249 e. The summed E-state index contributed by atoms with van der Waals surface area (Å²) in [5, 5.41) is 2.92. The molecule has 1 atom stereocenters. The van der Waals surface area contributed by atoms with Crippen molar-refractivity contribution in [3.63, 3.8) is 0 Å². The molecule has 0 saturated carbocycles. The highest BCUT2D eigenvalue weighted by molar-refractivity contribution is 5.80. The van der Waals surface area contributed by atoms with E-state index in [4.69, 9.17) is 14.2 Å². The van der Waals surface area contributed by atoms with Crippen LogP contribution in [-0.4, -0.2) is 39.4 Å². The molecule has 1 aromatic carbocycles. The van der Waals surface area contributed by atoms with Gasteiger partial charge in [0.1, 0.15) is 17.6 Å². The molecule has 1 amide bonds. The molecule has 116 valence electrons. The van der Waals surface area contributed by atoms with Crippen molar-refractivity contribution in [3.05, 3.63) is 23.3 Å². The maximum Gasteiger partial charge on any atom is 0.249 e. The molecular formula is C16H23NO4. The van der Waals surface area contributed by atoms with E-state index < -0.39 is 0 Å². The minimum absolute atomic E-state index is 0.0226. The summed E-state index contributed by atoms with van der Waals surface area (Å²) >= 11 is 0. The van der Waals surface area contributed by atoms with Gasteiger partial charge in [0.05, 0.1) is 14.2 Å². The molecule has 1 unspecified atom stereocenters. The van der Waals surface area contributed by atoms with Crippen LogP contribution in [0.3, 0.4) is 0 Å². The number of amides is 1. The predicted molar refractivity (Wildman–Crippen MR) is 80.0 cm³/mol. The molecule has 1 fully saturated rings. The number of ether oxygens (including phenoxy) is 3. The zero-order valence-electron chi connectivity index (χ0n) is 12.9. The van der Waals surface area contributed by atoms with Crippen molar-refractivity contribution in [2.24, 2.45) is 0 Å². The number of hydrogen-bond donors (Lipinski definition) is 1. The molecule has 0 aromatic heterocycles. The Labute approximate surface area is 125 Å². The van der Waals surface area contributed by atoms with Gasteiger partial charge >= 0.3 is 0 Å². The number of carbonyl (C=O) groups is 1. The molecule has 1 N–H and O–H groups in total. The van der Waals surface area contributed by atoms with Gasteiger partial charge in [-0.15, -0.1) is 0 Å². The van der Waals surface area contributed by atoms with Crippen molar-refractivity contribution in [1.29, 1.82) is 0 Å². The van der Waals surface area contributed by atoms with Crippen LogP contribution in [0.25, 0.3) is 0 Å². The molecule has 5 heteroatoms. The topological polar surface area (TPSA) is 56.8 Å². The molecule has 0 aliphatic carbocycles. The summed E-state index contributed by atoms with van der Waals surface area (Å²) in [5.41, 5.74) is 2.05. The van der Waals surface area contributed by atoms with E-state index in [-0.39, 0.29) is 12.0 Å². The van der Waals surface area contributed by atoms with Gasteiger partial charge in [-0.05, 0) is 49.4 Å². The van der Waals surface area contributed by atoms with Crippen LogP contribution in [0.1, 0.15) is 24.0 Å². The number of rotatable bonds is 6. The summed E-state index contributed by atoms with van der Waals surface area (Å²) in [6.45, 7) is 3.21. The van der Waals surface area contributed by atoms with E-state index >= 15 is 0 Å². The molecule has 1 saturated heterocycles. The molecule has 21 heavy (non-hydrogen) atoms. The summed E-state index contributed by atoms with van der Waals surface area (Å²) in [7, 11) is 3.30. The number of nitrogens with one attached hydrogen (secondary N) is 1. The molecule has 1 aromatic rings. The van der Waals surface area contributed by atoms with Crippen molar-refractivity contribution in [2.75, 3.05) is 27.4 Å². The first-order valence-electron chi connectivity index (χ1n) is 7.26. The van der Waals surface area contributed by atoms with Gasteiger partial charge in [-0.1, -0.05) is 0 Å². The lowest BCUT2D eigenvalue weighted by molar-refractivity contribution is -0.129. The maximum absolute atomic E-state index is 11.9. The number of carbonyl (C=O) groups excluding carboxylic acids is 1. The predicted octanol–water partition coefficient (Wildman–Crippen LogP) is 1.85. The number of aryl methyl sites for hydroxylation is 1. The highest BCUT2D eigenvalue weighted by atomic mass is 16.5. The fourth-order valence-electron chi connectivity index (χ4n) is 2.53. The zero-order chi connectivity index (χ0) is 15.2. The van der Waals surface area contributed by atoms with E-state index in [9.17, 15) is 4.79 Å². The monoisotopic (exact) mass is 293 g/mol. The van der Waals surface area contributed by atoms with E-state index in [0.717, 1.165) is 35.5 Å². The highest BCUT2D eigenvalue weighted by Crippen LogP contribution is 2.28. The van der Waals surface area contributed by atoms with Gasteiger partial charge in [0, 0.05) is 13.2 Å². The van der Waals surface area contributed by atoms with Crippen molar-refractivity contribution in [3.8, 4) is 11.5 Å². The molecular weight excluding hydrogens is 270 g/mol. The molecule has 1 aliphatic rings. The van der Waals surface area contributed by atoms with E-state index in [2.05, 4.69) is 5.32 Å². The lowest BCUT2D eigenvalue weighted by atomic mass is 10.1. The quantitative estimate of drug-likeness (QED) is 0.869. The van der Waals surface area contributed by atoms with Gasteiger partial charge in [-0.25, -0.2) is 0 Å². The summed E-state index contributed by atoms with van der Waals surface area (Å²) in [4.78, 5) is 11.9. The second-order valence-corrected chi connectivity index (χ2v) is 5.18. The van der Waals surface area contributed by atoms with Crippen LogP contribution in [0.5, 0.6) is 11.5 Å². The fourth-order valence-corrected chi connectivity index (χ4v) is 2.53. The largest absolute Gasteiger partial charge is 0.496 e. The summed E-state index contributed by atoms with van der Waals surface area (Å²) in [6.07, 6.45) is 2.19. The second kappa shape index (κ2) is 7.31. The van der Waals surface area contributed by atoms with Crippen LogP contribution in [0.4, 0.5) is 0 Å². The fraction of sp³-hybridized carbons (Fsp3) is 0.562. The van der Waals surface area contributed by atoms with E-state index in [1.54, 1.807) is 14.2 Å². The van der Waals surface area contributed by atoms with Crippen LogP contribution in [0, 0.1) is 6.92 Å². The third-order valence-electron chi connectivity index (χ3n) is 3.71. The zero-order valence-corrected chi connectivity index (χ0v) is 12.9. The Morgan fingerprint density at radius 1 is 1.33 bits per heavy atom. The number of hydrogen-bond acceptors (Lipinski definition) is 4. The van der Waals surface area contributed by atoms with Crippen LogP contribution >= 0.6 is 0 Å². The Morgan fingerprint density at radius 2 is 2.10 bits per heavy atom. The van der Waals surface area contributed by atoms with Crippen molar-refractivity contribution in [1.82, 2.24) is 5.32 Å². The van der Waals surface area contributed by atoms with E-state index in [1.807, 2.05) is 19.1 Å². The third-order valence-corrected chi connectivity index (χ3v) is 3.71. The van der Waals surface area contributed by atoms with Gasteiger partial charge < -0.3 is 19.5 Å². The van der Waals surface area contributed by atoms with Crippen molar-refractivity contribution < 1.29 is 19.0 Å². The highest BCUT2D eigenvalue weighted by Gasteiger charge is 2.23. The van der Waals surface area contributed by atoms with E-state index in [0.29, 0.717) is 19.6 Å². The van der Waals surface area contributed by atoms with Gasteiger partial charge in [-0.3, -0.25) is 4.79 Å². The first kappa shape index (κ1) is 15.6. The molecule has 2 rings (SSSR count). The standard InChI is InChI=1S/C16H23NO4/c1-11-9-15(20-3)12(10-14(11)19-2)6-7-17-16(18)13-5-4-8-21-13/h9-10,13H,4-8H2,1-3H3,(H,17,18). The van der Waals surface area contributed by atoms with Crippen molar-refractivity contribution in [2.45, 2.75) is 32.3 Å². The first-order chi connectivity index (χ1) is 10.2. The van der Waals surface area contributed by atoms with Crippen LogP contribution in [0.2, 0.25) is 0 Å². The second-order valence-electron chi connectivity index (χ2n) is 5.18. The van der Waals surface area contributed by atoms with Gasteiger partial charge in [0.15, 0.2) is 0 Å². The Balaban J connectivity index is 1.94. The first-order valence-corrected chi connectivity index (χ1v) is 7.26. The minimum atomic E-state index is -0.278. The van der Waals surface area contributed by atoms with Gasteiger partial charge in [0.25, 0.3) is 0 Å². The average molecular weight is 293 g/mol. The Kier molecular flexibility index (Phi) is 5.44. The molecule has 5 nitrogen and oxygen atoms in total. The summed E-state index contributed by atoms with van der Waals surface area (Å²) < 4.78 is 16.1. The van der Waals surface area contributed by atoms with Crippen LogP contribution in [-0.2, 0) is 16.0 Å². The molecule has 0 radical (unpaired) electrons. The lowest BCUT2D eigenvalue weighted by Gasteiger charge is -2.14. The Hall–Kier alpha value is -1.75. The van der Waals surface area contributed by atoms with Crippen LogP contribution < -0.4 is 14.8 Å². The average Bonchev–Trinajstić information content (AvgIpc) is 3.02. The Morgan fingerprint density at radius 3 is 2.71 bits per heavy atom.